The van der Waals surface area contributed by atoms with Crippen molar-refractivity contribution >= 4 is 10.0 Å². The predicted molar refractivity (Wildman–Crippen MR) is 85.8 cm³/mol. The van der Waals surface area contributed by atoms with Gasteiger partial charge >= 0.3 is 0 Å². The Bertz CT molecular complexity index is 600. The van der Waals surface area contributed by atoms with Gasteiger partial charge in [0.15, 0.2) is 0 Å². The molecule has 1 aliphatic heterocycles. The van der Waals surface area contributed by atoms with E-state index in [9.17, 15) is 8.42 Å². The maximum Gasteiger partial charge on any atom is 0.246 e. The van der Waals surface area contributed by atoms with Crippen LogP contribution in [0, 0.1) is 6.92 Å². The fourth-order valence-electron chi connectivity index (χ4n) is 2.67. The molecule has 1 aromatic rings. The van der Waals surface area contributed by atoms with E-state index in [0.29, 0.717) is 25.4 Å². The lowest BCUT2D eigenvalue weighted by molar-refractivity contribution is 0.0193. The molecule has 124 valence electrons. The normalized spacial score (nSPS) is 20.0. The number of piperidine rings is 1. The third-order valence-electron chi connectivity index (χ3n) is 3.84. The Morgan fingerprint density at radius 3 is 2.82 bits per heavy atom. The molecular formula is C16H25NO4S. The summed E-state index contributed by atoms with van der Waals surface area (Å²) in [5.74, 6) is 0.400. The highest BCUT2D eigenvalue weighted by Crippen LogP contribution is 2.29. The van der Waals surface area contributed by atoms with Gasteiger partial charge in [-0.1, -0.05) is 13.0 Å². The molecule has 1 aromatic carbocycles. The Morgan fingerprint density at radius 1 is 1.36 bits per heavy atom. The fourth-order valence-corrected chi connectivity index (χ4v) is 4.32. The summed E-state index contributed by atoms with van der Waals surface area (Å²) in [6.45, 7) is 5.58. The summed E-state index contributed by atoms with van der Waals surface area (Å²) >= 11 is 0. The van der Waals surface area contributed by atoms with E-state index in [2.05, 4.69) is 6.92 Å². The van der Waals surface area contributed by atoms with Crippen molar-refractivity contribution in [2.24, 2.45) is 0 Å². The van der Waals surface area contributed by atoms with Crippen LogP contribution in [0.25, 0.3) is 0 Å². The van der Waals surface area contributed by atoms with E-state index >= 15 is 0 Å². The Hall–Kier alpha value is -1.11. The second-order valence-corrected chi connectivity index (χ2v) is 7.56. The van der Waals surface area contributed by atoms with Crippen molar-refractivity contribution in [1.29, 1.82) is 0 Å². The zero-order valence-corrected chi connectivity index (χ0v) is 14.4. The van der Waals surface area contributed by atoms with Gasteiger partial charge in [-0.15, -0.1) is 0 Å². The minimum atomic E-state index is -3.55. The summed E-state index contributed by atoms with van der Waals surface area (Å²) in [6, 6.07) is 5.17. The molecular weight excluding hydrogens is 302 g/mol. The lowest BCUT2D eigenvalue weighted by Gasteiger charge is -2.32. The number of rotatable bonds is 6. The molecule has 0 amide bonds. The molecule has 22 heavy (non-hydrogen) atoms. The fraction of sp³-hybridized carbons (Fsp3) is 0.625. The SMILES string of the molecule is CCCOC1CCCN(S(=O)(=O)c2ccc(C)cc2OC)C1. The van der Waals surface area contributed by atoms with Crippen LogP contribution in [0.1, 0.15) is 31.7 Å². The summed E-state index contributed by atoms with van der Waals surface area (Å²) < 4.78 is 38.3. The molecule has 0 aliphatic carbocycles. The minimum absolute atomic E-state index is 0.0140. The van der Waals surface area contributed by atoms with Crippen LogP contribution < -0.4 is 4.74 Å². The van der Waals surface area contributed by atoms with E-state index in [1.165, 1.54) is 11.4 Å². The smallest absolute Gasteiger partial charge is 0.246 e. The van der Waals surface area contributed by atoms with Gasteiger partial charge in [0.1, 0.15) is 10.6 Å². The van der Waals surface area contributed by atoms with Crippen LogP contribution >= 0.6 is 0 Å². The Labute approximate surface area is 133 Å². The third kappa shape index (κ3) is 3.80. The Kier molecular flexibility index (Phi) is 5.83. The van der Waals surface area contributed by atoms with Gasteiger partial charge in [0, 0.05) is 19.7 Å². The van der Waals surface area contributed by atoms with Crippen LogP contribution in [-0.4, -0.2) is 45.6 Å². The van der Waals surface area contributed by atoms with Gasteiger partial charge in [0.25, 0.3) is 0 Å². The quantitative estimate of drug-likeness (QED) is 0.806. The van der Waals surface area contributed by atoms with E-state index in [4.69, 9.17) is 9.47 Å². The molecule has 1 saturated heterocycles. The Balaban J connectivity index is 2.22. The zero-order chi connectivity index (χ0) is 16.2. The van der Waals surface area contributed by atoms with Crippen LogP contribution in [0.4, 0.5) is 0 Å². The van der Waals surface area contributed by atoms with E-state index in [1.807, 2.05) is 6.92 Å². The Morgan fingerprint density at radius 2 is 2.14 bits per heavy atom. The van der Waals surface area contributed by atoms with Crippen LogP contribution in [-0.2, 0) is 14.8 Å². The van der Waals surface area contributed by atoms with Crippen molar-refractivity contribution in [3.8, 4) is 5.75 Å². The van der Waals surface area contributed by atoms with E-state index < -0.39 is 10.0 Å². The number of aryl methyl sites for hydroxylation is 1. The van der Waals surface area contributed by atoms with Gasteiger partial charge in [-0.3, -0.25) is 0 Å². The number of sulfonamides is 1. The van der Waals surface area contributed by atoms with E-state index in [1.54, 1.807) is 18.2 Å². The standard InChI is InChI=1S/C16H25NO4S/c1-4-10-21-14-6-5-9-17(12-14)22(18,19)16-8-7-13(2)11-15(16)20-3/h7-8,11,14H,4-6,9-10,12H2,1-3H3. The molecule has 0 bridgehead atoms. The average Bonchev–Trinajstić information content (AvgIpc) is 2.52. The number of hydrogen-bond acceptors (Lipinski definition) is 4. The van der Waals surface area contributed by atoms with Gasteiger partial charge in [-0.05, 0) is 43.9 Å². The van der Waals surface area contributed by atoms with Crippen molar-refractivity contribution in [3.05, 3.63) is 23.8 Å². The first-order valence-corrected chi connectivity index (χ1v) is 9.19. The summed E-state index contributed by atoms with van der Waals surface area (Å²) in [6.07, 6.45) is 2.66. The molecule has 0 spiro atoms. The molecule has 1 unspecified atom stereocenters. The molecule has 0 saturated carbocycles. The molecule has 1 atom stereocenters. The molecule has 0 N–H and O–H groups in total. The van der Waals surface area contributed by atoms with E-state index in [0.717, 1.165) is 24.8 Å². The molecule has 0 radical (unpaired) electrons. The largest absolute Gasteiger partial charge is 0.495 e. The number of benzene rings is 1. The first-order chi connectivity index (χ1) is 10.5. The van der Waals surface area contributed by atoms with Crippen LogP contribution in [0.2, 0.25) is 0 Å². The van der Waals surface area contributed by atoms with Gasteiger partial charge in [-0.2, -0.15) is 4.31 Å². The first-order valence-electron chi connectivity index (χ1n) is 7.75. The van der Waals surface area contributed by atoms with Gasteiger partial charge in [-0.25, -0.2) is 8.42 Å². The highest BCUT2D eigenvalue weighted by Gasteiger charge is 2.32. The predicted octanol–water partition coefficient (Wildman–Crippen LogP) is 2.58. The highest BCUT2D eigenvalue weighted by atomic mass is 32.2. The lowest BCUT2D eigenvalue weighted by atomic mass is 10.1. The third-order valence-corrected chi connectivity index (χ3v) is 5.74. The minimum Gasteiger partial charge on any atom is -0.495 e. The van der Waals surface area contributed by atoms with Crippen LogP contribution in [0.3, 0.4) is 0 Å². The first kappa shape index (κ1) is 17.2. The second-order valence-electron chi connectivity index (χ2n) is 5.65. The molecule has 1 heterocycles. The summed E-state index contributed by atoms with van der Waals surface area (Å²) in [4.78, 5) is 0.233. The molecule has 5 nitrogen and oxygen atoms in total. The topological polar surface area (TPSA) is 55.8 Å². The molecule has 2 rings (SSSR count). The van der Waals surface area contributed by atoms with Gasteiger partial charge in [0.2, 0.25) is 10.0 Å². The number of nitrogens with zero attached hydrogens (tertiary/aromatic N) is 1. The summed E-state index contributed by atoms with van der Waals surface area (Å²) in [5.41, 5.74) is 0.971. The maximum absolute atomic E-state index is 12.9. The van der Waals surface area contributed by atoms with Crippen LogP contribution in [0.5, 0.6) is 5.75 Å². The number of methoxy groups -OCH3 is 1. The maximum atomic E-state index is 12.9. The average molecular weight is 327 g/mol. The van der Waals surface area contributed by atoms with Crippen LogP contribution in [0.15, 0.2) is 23.1 Å². The zero-order valence-electron chi connectivity index (χ0n) is 13.5. The molecule has 1 fully saturated rings. The van der Waals surface area contributed by atoms with Crippen molar-refractivity contribution in [2.45, 2.75) is 44.1 Å². The van der Waals surface area contributed by atoms with Gasteiger partial charge < -0.3 is 9.47 Å². The van der Waals surface area contributed by atoms with Crippen molar-refractivity contribution in [2.75, 3.05) is 26.8 Å². The number of ether oxygens (including phenoxy) is 2. The molecule has 6 heteroatoms. The van der Waals surface area contributed by atoms with Crippen molar-refractivity contribution < 1.29 is 17.9 Å². The second kappa shape index (κ2) is 7.44. The summed E-state index contributed by atoms with van der Waals surface area (Å²) in [7, 11) is -2.05. The number of hydrogen-bond donors (Lipinski definition) is 0. The molecule has 1 aliphatic rings. The molecule has 0 aromatic heterocycles. The lowest BCUT2D eigenvalue weighted by Crippen LogP contribution is -2.43. The van der Waals surface area contributed by atoms with E-state index in [-0.39, 0.29) is 11.0 Å². The highest BCUT2D eigenvalue weighted by molar-refractivity contribution is 7.89. The van der Waals surface area contributed by atoms with Crippen molar-refractivity contribution in [3.63, 3.8) is 0 Å². The summed E-state index contributed by atoms with van der Waals surface area (Å²) in [5, 5.41) is 0. The van der Waals surface area contributed by atoms with Crippen molar-refractivity contribution in [1.82, 2.24) is 4.31 Å². The van der Waals surface area contributed by atoms with Gasteiger partial charge in [0.05, 0.1) is 13.2 Å². The monoisotopic (exact) mass is 327 g/mol.